The maximum Gasteiger partial charge on any atom is 0.153 e. The van der Waals surface area contributed by atoms with Crippen LogP contribution in [-0.2, 0) is 0 Å². The molecule has 0 aromatic carbocycles. The van der Waals surface area contributed by atoms with Crippen molar-refractivity contribution in [2.75, 3.05) is 0 Å². The van der Waals surface area contributed by atoms with Crippen LogP contribution < -0.4 is 5.09 Å². The van der Waals surface area contributed by atoms with Crippen molar-refractivity contribution in [2.45, 2.75) is 6.92 Å². The van der Waals surface area contributed by atoms with Crippen LogP contribution in [0.5, 0.6) is 0 Å². The Labute approximate surface area is 95.9 Å². The van der Waals surface area contributed by atoms with Gasteiger partial charge in [-0.25, -0.2) is 0 Å². The summed E-state index contributed by atoms with van der Waals surface area (Å²) in [5.41, 5.74) is 1.95. The Morgan fingerprint density at radius 2 is 2.06 bits per heavy atom. The van der Waals surface area contributed by atoms with Gasteiger partial charge in [0.05, 0.1) is 5.70 Å². The Morgan fingerprint density at radius 3 is 2.75 bits per heavy atom. The van der Waals surface area contributed by atoms with Crippen molar-refractivity contribution in [1.29, 1.82) is 0 Å². The largest absolute Gasteiger partial charge is 0.369 e. The molecule has 6 heteroatoms. The van der Waals surface area contributed by atoms with E-state index in [1.165, 1.54) is 0 Å². The van der Waals surface area contributed by atoms with E-state index in [-0.39, 0.29) is 0 Å². The number of rotatable bonds is 2. The summed E-state index contributed by atoms with van der Waals surface area (Å²) in [5.74, 6) is 0.762. The third kappa shape index (κ3) is 2.25. The fraction of sp³-hybridized carbons (Fsp3) is 0.100. The van der Waals surface area contributed by atoms with Crippen LogP contribution >= 0.6 is 9.39 Å². The number of tetrazole rings is 1. The van der Waals surface area contributed by atoms with Crippen LogP contribution in [0, 0.1) is 6.92 Å². The number of hydrogen-bond acceptors (Lipinski definition) is 4. The highest BCUT2D eigenvalue weighted by Crippen LogP contribution is 2.10. The summed E-state index contributed by atoms with van der Waals surface area (Å²) in [6.07, 6.45) is 11.7. The van der Waals surface area contributed by atoms with E-state index in [0.717, 1.165) is 17.2 Å². The normalized spacial score (nSPS) is 20.4. The quantitative estimate of drug-likeness (QED) is 0.780. The summed E-state index contributed by atoms with van der Waals surface area (Å²) in [4.78, 5) is 0. The summed E-state index contributed by atoms with van der Waals surface area (Å²) in [5, 5.41) is 14.4. The maximum absolute atomic E-state index is 3.91. The van der Waals surface area contributed by atoms with Crippen LogP contribution in [0.3, 0.4) is 0 Å². The van der Waals surface area contributed by atoms with Crippen LogP contribution in [0.4, 0.5) is 0 Å². The van der Waals surface area contributed by atoms with Crippen molar-refractivity contribution >= 4 is 15.1 Å². The fourth-order valence-electron chi connectivity index (χ4n) is 1.32. The topological polar surface area (TPSA) is 55.6 Å². The number of aryl methyl sites for hydroxylation is 1. The van der Waals surface area contributed by atoms with Crippen molar-refractivity contribution in [2.24, 2.45) is 0 Å². The predicted molar refractivity (Wildman–Crippen MR) is 66.0 cm³/mol. The zero-order valence-corrected chi connectivity index (χ0v) is 9.99. The van der Waals surface area contributed by atoms with Gasteiger partial charge in [-0.1, -0.05) is 12.2 Å². The molecule has 0 spiro atoms. The van der Waals surface area contributed by atoms with E-state index < -0.39 is 0 Å². The SMILES string of the molecule is Cc1nnnn1C1=C/C=C\C(NP)=C/C=C1. The molecular formula is C10H12N5P. The molecule has 0 bridgehead atoms. The summed E-state index contributed by atoms with van der Waals surface area (Å²) < 4.78 is 1.69. The molecule has 0 amide bonds. The Balaban J connectivity index is 2.30. The zero-order valence-electron chi connectivity index (χ0n) is 8.83. The molecule has 1 aromatic heterocycles. The lowest BCUT2D eigenvalue weighted by molar-refractivity contribution is 0.798. The molecule has 1 heterocycles. The van der Waals surface area contributed by atoms with Gasteiger partial charge < -0.3 is 5.09 Å². The number of aromatic nitrogens is 4. The third-order valence-electron chi connectivity index (χ3n) is 2.12. The van der Waals surface area contributed by atoms with Crippen molar-refractivity contribution in [3.05, 3.63) is 48.0 Å². The average Bonchev–Trinajstić information content (AvgIpc) is 2.65. The van der Waals surface area contributed by atoms with Gasteiger partial charge in [0.15, 0.2) is 5.82 Å². The molecule has 82 valence electrons. The minimum Gasteiger partial charge on any atom is -0.369 e. The van der Waals surface area contributed by atoms with Gasteiger partial charge in [0.1, 0.15) is 0 Å². The molecule has 0 aliphatic heterocycles. The molecule has 16 heavy (non-hydrogen) atoms. The molecule has 1 atom stereocenters. The van der Waals surface area contributed by atoms with Crippen molar-refractivity contribution in [3.63, 3.8) is 0 Å². The number of allylic oxidation sites excluding steroid dienone is 7. The van der Waals surface area contributed by atoms with E-state index >= 15 is 0 Å². The molecule has 0 radical (unpaired) electrons. The molecule has 1 unspecified atom stereocenters. The lowest BCUT2D eigenvalue weighted by atomic mass is 10.2. The Hall–Kier alpha value is -1.74. The number of nitrogens with zero attached hydrogens (tertiary/aromatic N) is 4. The second kappa shape index (κ2) is 4.86. The van der Waals surface area contributed by atoms with Gasteiger partial charge in [-0.2, -0.15) is 4.68 Å². The fourth-order valence-corrected chi connectivity index (χ4v) is 1.51. The van der Waals surface area contributed by atoms with Gasteiger partial charge in [0.25, 0.3) is 0 Å². The maximum atomic E-state index is 3.91. The van der Waals surface area contributed by atoms with E-state index in [0.29, 0.717) is 0 Å². The predicted octanol–water partition coefficient (Wildman–Crippen LogP) is 1.21. The molecule has 1 aromatic rings. The van der Waals surface area contributed by atoms with Gasteiger partial charge in [-0.05, 0) is 51.0 Å². The van der Waals surface area contributed by atoms with Crippen LogP contribution in [0.2, 0.25) is 0 Å². The molecule has 0 saturated carbocycles. The van der Waals surface area contributed by atoms with Gasteiger partial charge in [-0.15, -0.1) is 5.10 Å². The van der Waals surface area contributed by atoms with Crippen LogP contribution in [0.15, 0.2) is 42.2 Å². The Bertz CT molecular complexity index is 495. The summed E-state index contributed by atoms with van der Waals surface area (Å²) in [6, 6.07) is 0. The van der Waals surface area contributed by atoms with Crippen molar-refractivity contribution in [1.82, 2.24) is 25.3 Å². The highest BCUT2D eigenvalue weighted by atomic mass is 31.0. The molecule has 1 N–H and O–H groups in total. The lowest BCUT2D eigenvalue weighted by Gasteiger charge is -2.04. The standard InChI is InChI=1S/C10H12N5P/c1-8-11-13-14-15(8)10-6-2-4-9(12-16)5-3-7-10/h2-7,12H,16H2,1H3/b4-2-,5-3?,6-2?,7-3?,9-4?,9-5+,10-6?,10-7?. The second-order valence-corrected chi connectivity index (χ2v) is 3.50. The first kappa shape index (κ1) is 10.8. The van der Waals surface area contributed by atoms with E-state index in [2.05, 4.69) is 30.0 Å². The second-order valence-electron chi connectivity index (χ2n) is 3.21. The van der Waals surface area contributed by atoms with E-state index in [9.17, 15) is 0 Å². The van der Waals surface area contributed by atoms with Crippen LogP contribution in [0.1, 0.15) is 5.82 Å². The monoisotopic (exact) mass is 233 g/mol. The van der Waals surface area contributed by atoms with Crippen molar-refractivity contribution in [3.8, 4) is 0 Å². The smallest absolute Gasteiger partial charge is 0.153 e. The van der Waals surface area contributed by atoms with Crippen LogP contribution in [0.25, 0.3) is 5.70 Å². The minimum atomic E-state index is 0.762. The van der Waals surface area contributed by atoms with Gasteiger partial charge in [-0.3, -0.25) is 0 Å². The molecular weight excluding hydrogens is 221 g/mol. The molecule has 1 aliphatic carbocycles. The highest BCUT2D eigenvalue weighted by molar-refractivity contribution is 7.14. The average molecular weight is 233 g/mol. The lowest BCUT2D eigenvalue weighted by Crippen LogP contribution is -2.01. The van der Waals surface area contributed by atoms with Gasteiger partial charge in [0.2, 0.25) is 0 Å². The first-order valence-electron chi connectivity index (χ1n) is 4.80. The van der Waals surface area contributed by atoms with Gasteiger partial charge in [0, 0.05) is 5.70 Å². The first-order valence-corrected chi connectivity index (χ1v) is 5.37. The number of nitrogens with one attached hydrogen (secondary N) is 1. The van der Waals surface area contributed by atoms with Gasteiger partial charge >= 0.3 is 0 Å². The third-order valence-corrected chi connectivity index (χ3v) is 2.46. The highest BCUT2D eigenvalue weighted by Gasteiger charge is 2.03. The van der Waals surface area contributed by atoms with Crippen molar-refractivity contribution < 1.29 is 0 Å². The summed E-state index contributed by atoms with van der Waals surface area (Å²) >= 11 is 0. The molecule has 1 aliphatic rings. The molecule has 0 saturated heterocycles. The molecule has 0 fully saturated rings. The minimum absolute atomic E-state index is 0.762. The number of hydrogen-bond donors (Lipinski definition) is 1. The molecule has 5 nitrogen and oxygen atoms in total. The van der Waals surface area contributed by atoms with E-state index in [4.69, 9.17) is 0 Å². The Morgan fingerprint density at radius 1 is 1.25 bits per heavy atom. The first-order chi connectivity index (χ1) is 7.81. The summed E-state index contributed by atoms with van der Waals surface area (Å²) in [7, 11) is 2.46. The summed E-state index contributed by atoms with van der Waals surface area (Å²) in [6.45, 7) is 1.86. The zero-order chi connectivity index (χ0) is 11.4. The Kier molecular flexibility index (Phi) is 3.27. The molecule has 2 rings (SSSR count). The van der Waals surface area contributed by atoms with Crippen LogP contribution in [-0.4, -0.2) is 20.2 Å². The van der Waals surface area contributed by atoms with E-state index in [1.54, 1.807) is 4.68 Å². The van der Waals surface area contributed by atoms with E-state index in [1.807, 2.05) is 43.4 Å².